The fraction of sp³-hybridized carbons (Fsp3) is 0.174. The summed E-state index contributed by atoms with van der Waals surface area (Å²) in [5, 5.41) is 0.571. The molecular weight excluding hydrogens is 396 g/mol. The van der Waals surface area contributed by atoms with E-state index < -0.39 is 5.91 Å². The van der Waals surface area contributed by atoms with Crippen molar-refractivity contribution in [2.24, 2.45) is 0 Å². The van der Waals surface area contributed by atoms with E-state index in [0.717, 1.165) is 10.6 Å². The topological polar surface area (TPSA) is 74.3 Å². The van der Waals surface area contributed by atoms with Gasteiger partial charge in [-0.2, -0.15) is 0 Å². The third-order valence-electron chi connectivity index (χ3n) is 4.62. The zero-order chi connectivity index (χ0) is 21.7. The van der Waals surface area contributed by atoms with Crippen LogP contribution in [0.3, 0.4) is 0 Å². The van der Waals surface area contributed by atoms with Gasteiger partial charge >= 0.3 is 0 Å². The van der Waals surface area contributed by atoms with Crippen LogP contribution in [0, 0.1) is 13.8 Å². The fourth-order valence-electron chi connectivity index (χ4n) is 2.71. The van der Waals surface area contributed by atoms with Crippen molar-refractivity contribution in [2.75, 3.05) is 19.0 Å². The summed E-state index contributed by atoms with van der Waals surface area (Å²) in [6.07, 6.45) is 1.64. The highest BCUT2D eigenvalue weighted by Gasteiger charge is 2.15. The van der Waals surface area contributed by atoms with Crippen LogP contribution in [0.1, 0.15) is 31.8 Å². The van der Waals surface area contributed by atoms with Gasteiger partial charge in [0.25, 0.3) is 11.8 Å². The summed E-state index contributed by atoms with van der Waals surface area (Å²) >= 11 is 1.41. The van der Waals surface area contributed by atoms with Crippen molar-refractivity contribution in [1.29, 1.82) is 0 Å². The SMILES string of the molecule is Cc1ccc(Sc2ncccc2C(=O)NNC(=O)c2cccc(N(C)C)c2)cc1C. The van der Waals surface area contributed by atoms with Crippen molar-refractivity contribution in [2.45, 2.75) is 23.8 Å². The number of aromatic nitrogens is 1. The second-order valence-corrected chi connectivity index (χ2v) is 8.12. The van der Waals surface area contributed by atoms with Crippen LogP contribution in [0.15, 0.2) is 70.7 Å². The van der Waals surface area contributed by atoms with Gasteiger partial charge in [0.1, 0.15) is 5.03 Å². The number of hydrogen-bond donors (Lipinski definition) is 2. The summed E-state index contributed by atoms with van der Waals surface area (Å²) in [5.74, 6) is -0.814. The van der Waals surface area contributed by atoms with Crippen molar-refractivity contribution in [1.82, 2.24) is 15.8 Å². The molecule has 0 bridgehead atoms. The molecule has 3 rings (SSSR count). The number of hydrazine groups is 1. The van der Waals surface area contributed by atoms with Gasteiger partial charge in [-0.1, -0.05) is 23.9 Å². The lowest BCUT2D eigenvalue weighted by Gasteiger charge is -2.14. The van der Waals surface area contributed by atoms with Gasteiger partial charge in [-0.05, 0) is 67.4 Å². The highest BCUT2D eigenvalue weighted by molar-refractivity contribution is 7.99. The molecule has 0 fully saturated rings. The maximum absolute atomic E-state index is 12.7. The number of nitrogens with one attached hydrogen (secondary N) is 2. The zero-order valence-electron chi connectivity index (χ0n) is 17.4. The molecule has 0 radical (unpaired) electrons. The maximum atomic E-state index is 12.7. The Morgan fingerprint density at radius 3 is 2.40 bits per heavy atom. The first-order valence-electron chi connectivity index (χ1n) is 9.43. The third kappa shape index (κ3) is 5.18. The van der Waals surface area contributed by atoms with Crippen LogP contribution in [-0.2, 0) is 0 Å². The molecule has 1 heterocycles. The second-order valence-electron chi connectivity index (χ2n) is 7.06. The van der Waals surface area contributed by atoms with Crippen LogP contribution in [-0.4, -0.2) is 30.9 Å². The normalized spacial score (nSPS) is 10.4. The Morgan fingerprint density at radius 1 is 0.900 bits per heavy atom. The van der Waals surface area contributed by atoms with Crippen LogP contribution >= 0.6 is 11.8 Å². The van der Waals surface area contributed by atoms with Gasteiger partial charge in [0.05, 0.1) is 5.56 Å². The van der Waals surface area contributed by atoms with E-state index in [4.69, 9.17) is 0 Å². The van der Waals surface area contributed by atoms with Crippen LogP contribution in [0.2, 0.25) is 0 Å². The average molecular weight is 421 g/mol. The van der Waals surface area contributed by atoms with Crippen molar-refractivity contribution >= 4 is 29.3 Å². The molecule has 154 valence electrons. The van der Waals surface area contributed by atoms with Crippen LogP contribution < -0.4 is 15.8 Å². The summed E-state index contributed by atoms with van der Waals surface area (Å²) < 4.78 is 0. The average Bonchev–Trinajstić information content (AvgIpc) is 2.75. The number of pyridine rings is 1. The predicted octanol–water partition coefficient (Wildman–Crippen LogP) is 3.99. The summed E-state index contributed by atoms with van der Waals surface area (Å²) in [6.45, 7) is 4.10. The molecule has 0 unspecified atom stereocenters. The van der Waals surface area contributed by atoms with Gasteiger partial charge in [0, 0.05) is 36.4 Å². The summed E-state index contributed by atoms with van der Waals surface area (Å²) in [5.41, 5.74) is 9.09. The molecule has 0 atom stereocenters. The smallest absolute Gasteiger partial charge is 0.272 e. The van der Waals surface area contributed by atoms with Gasteiger partial charge in [-0.25, -0.2) is 4.98 Å². The number of carbonyl (C=O) groups is 2. The zero-order valence-corrected chi connectivity index (χ0v) is 18.2. The minimum atomic E-state index is -0.424. The van der Waals surface area contributed by atoms with E-state index in [9.17, 15) is 9.59 Å². The number of carbonyl (C=O) groups excluding carboxylic acids is 2. The van der Waals surface area contributed by atoms with Gasteiger partial charge < -0.3 is 4.90 Å². The Hall–Kier alpha value is -3.32. The molecule has 3 aromatic rings. The lowest BCUT2D eigenvalue weighted by Crippen LogP contribution is -2.41. The second kappa shape index (κ2) is 9.45. The van der Waals surface area contributed by atoms with Crippen molar-refractivity contribution in [3.63, 3.8) is 0 Å². The molecule has 0 aliphatic heterocycles. The predicted molar refractivity (Wildman–Crippen MR) is 120 cm³/mol. The van der Waals surface area contributed by atoms with E-state index >= 15 is 0 Å². The molecule has 2 amide bonds. The van der Waals surface area contributed by atoms with Gasteiger partial charge in [0.2, 0.25) is 0 Å². The highest BCUT2D eigenvalue weighted by atomic mass is 32.2. The number of nitrogens with zero attached hydrogens (tertiary/aromatic N) is 2. The van der Waals surface area contributed by atoms with Crippen molar-refractivity contribution in [3.05, 3.63) is 83.0 Å². The Balaban J connectivity index is 1.71. The number of rotatable bonds is 5. The van der Waals surface area contributed by atoms with E-state index in [0.29, 0.717) is 16.2 Å². The molecule has 0 spiro atoms. The lowest BCUT2D eigenvalue weighted by atomic mass is 10.1. The minimum absolute atomic E-state index is 0.390. The first kappa shape index (κ1) is 21.4. The standard InChI is InChI=1S/C23H24N4O2S/c1-15-10-11-19(13-16(15)2)30-23-20(9-6-12-24-23)22(29)26-25-21(28)17-7-5-8-18(14-17)27(3)4/h5-14H,1-4H3,(H,25,28)(H,26,29). The number of benzene rings is 2. The molecule has 1 aromatic heterocycles. The van der Waals surface area contributed by atoms with E-state index in [2.05, 4.69) is 28.8 Å². The minimum Gasteiger partial charge on any atom is -0.378 e. The highest BCUT2D eigenvalue weighted by Crippen LogP contribution is 2.29. The molecule has 0 saturated heterocycles. The molecule has 30 heavy (non-hydrogen) atoms. The van der Waals surface area contributed by atoms with E-state index in [1.54, 1.807) is 36.5 Å². The number of hydrogen-bond acceptors (Lipinski definition) is 5. The van der Waals surface area contributed by atoms with Crippen LogP contribution in [0.25, 0.3) is 0 Å². The van der Waals surface area contributed by atoms with Gasteiger partial charge in [-0.15, -0.1) is 0 Å². The summed E-state index contributed by atoms with van der Waals surface area (Å²) in [4.78, 5) is 32.4. The van der Waals surface area contributed by atoms with Crippen LogP contribution in [0.4, 0.5) is 5.69 Å². The van der Waals surface area contributed by atoms with E-state index in [1.165, 1.54) is 22.9 Å². The quantitative estimate of drug-likeness (QED) is 0.611. The summed E-state index contributed by atoms with van der Waals surface area (Å²) in [7, 11) is 3.80. The Bertz CT molecular complexity index is 1080. The molecule has 2 N–H and O–H groups in total. The first-order valence-corrected chi connectivity index (χ1v) is 10.2. The monoisotopic (exact) mass is 420 g/mol. The Kier molecular flexibility index (Phi) is 6.74. The number of amides is 2. The Labute approximate surface area is 180 Å². The van der Waals surface area contributed by atoms with Gasteiger partial charge in [0.15, 0.2) is 0 Å². The number of anilines is 1. The number of aryl methyl sites for hydroxylation is 2. The molecule has 0 aliphatic carbocycles. The molecule has 6 nitrogen and oxygen atoms in total. The molecular formula is C23H24N4O2S. The summed E-state index contributed by atoms with van der Waals surface area (Å²) in [6, 6.07) is 16.6. The van der Waals surface area contributed by atoms with E-state index in [-0.39, 0.29) is 5.91 Å². The molecule has 0 aliphatic rings. The molecule has 0 saturated carbocycles. The lowest BCUT2D eigenvalue weighted by molar-refractivity contribution is 0.0844. The van der Waals surface area contributed by atoms with Crippen LogP contribution in [0.5, 0.6) is 0 Å². The molecule has 7 heteroatoms. The van der Waals surface area contributed by atoms with Crippen molar-refractivity contribution in [3.8, 4) is 0 Å². The first-order chi connectivity index (χ1) is 14.3. The molecule has 2 aromatic carbocycles. The fourth-order valence-corrected chi connectivity index (χ4v) is 3.69. The van der Waals surface area contributed by atoms with Gasteiger partial charge in [-0.3, -0.25) is 20.4 Å². The van der Waals surface area contributed by atoms with Crippen molar-refractivity contribution < 1.29 is 9.59 Å². The van der Waals surface area contributed by atoms with E-state index in [1.807, 2.05) is 44.1 Å². The Morgan fingerprint density at radius 2 is 1.67 bits per heavy atom. The maximum Gasteiger partial charge on any atom is 0.272 e. The largest absolute Gasteiger partial charge is 0.378 e. The third-order valence-corrected chi connectivity index (χ3v) is 5.63.